The highest BCUT2D eigenvalue weighted by molar-refractivity contribution is 6.54. The molecule has 1 aliphatic rings. The molecule has 0 atom stereocenters. The molecule has 0 spiro atoms. The highest BCUT2D eigenvalue weighted by Crippen LogP contribution is 2.38. The quantitative estimate of drug-likeness (QED) is 0.213. The van der Waals surface area contributed by atoms with Crippen molar-refractivity contribution in [2.45, 2.75) is 26.2 Å². The summed E-state index contributed by atoms with van der Waals surface area (Å²) in [6.45, 7) is 2.14. The predicted octanol–water partition coefficient (Wildman–Crippen LogP) is 7.68. The summed E-state index contributed by atoms with van der Waals surface area (Å²) in [5.41, 5.74) is 2.50. The van der Waals surface area contributed by atoms with E-state index in [-0.39, 0.29) is 37.4 Å². The number of imide groups is 1. The van der Waals surface area contributed by atoms with Gasteiger partial charge in [-0.25, -0.2) is 4.90 Å². The molecule has 0 aromatic heterocycles. The van der Waals surface area contributed by atoms with E-state index in [2.05, 4.69) is 17.6 Å². The number of halogens is 4. The van der Waals surface area contributed by atoms with Gasteiger partial charge >= 0.3 is 0 Å². The molecule has 0 unspecified atom stereocenters. The zero-order chi connectivity index (χ0) is 26.7. The summed E-state index contributed by atoms with van der Waals surface area (Å²) in [5.74, 6) is -1.83. The van der Waals surface area contributed by atoms with Gasteiger partial charge in [-0.2, -0.15) is 0 Å². The third-order valence-corrected chi connectivity index (χ3v) is 7.06. The molecular weight excluding hydrogens is 556 g/mol. The van der Waals surface area contributed by atoms with Crippen LogP contribution in [0.4, 0.5) is 17.1 Å². The van der Waals surface area contributed by atoms with Gasteiger partial charge in [0.1, 0.15) is 10.7 Å². The van der Waals surface area contributed by atoms with E-state index in [1.54, 1.807) is 24.3 Å². The van der Waals surface area contributed by atoms with Crippen LogP contribution in [0.3, 0.4) is 0 Å². The van der Waals surface area contributed by atoms with Crippen molar-refractivity contribution in [2.24, 2.45) is 0 Å². The average Bonchev–Trinajstić information content (AvgIpc) is 3.09. The maximum Gasteiger partial charge on any atom is 0.283 e. The van der Waals surface area contributed by atoms with E-state index in [0.717, 1.165) is 24.2 Å². The molecule has 1 heterocycles. The van der Waals surface area contributed by atoms with Crippen LogP contribution < -0.4 is 15.5 Å². The van der Waals surface area contributed by atoms with Crippen LogP contribution in [0.1, 0.15) is 35.7 Å². The first kappa shape index (κ1) is 27.0. The van der Waals surface area contributed by atoms with Gasteiger partial charge in [0.25, 0.3) is 17.7 Å². The van der Waals surface area contributed by atoms with Crippen molar-refractivity contribution in [3.63, 3.8) is 0 Å². The second kappa shape index (κ2) is 11.6. The van der Waals surface area contributed by atoms with Crippen molar-refractivity contribution in [3.05, 3.63) is 97.6 Å². The summed E-state index contributed by atoms with van der Waals surface area (Å²) in [7, 11) is 0. The molecule has 0 saturated heterocycles. The number of carbonyl (C=O) groups is 3. The number of hydrogen-bond donors (Lipinski definition) is 2. The maximum atomic E-state index is 13.1. The molecule has 4 rings (SSSR count). The smallest absolute Gasteiger partial charge is 0.283 e. The van der Waals surface area contributed by atoms with Gasteiger partial charge in [-0.15, -0.1) is 0 Å². The monoisotopic (exact) mass is 575 g/mol. The van der Waals surface area contributed by atoms with Crippen LogP contribution in [-0.2, 0) is 16.0 Å². The number of rotatable bonds is 8. The summed E-state index contributed by atoms with van der Waals surface area (Å²) in [4.78, 5) is 39.6. The number of hydrogen-bond acceptors (Lipinski definition) is 4. The first-order chi connectivity index (χ1) is 17.7. The van der Waals surface area contributed by atoms with E-state index in [1.165, 1.54) is 17.7 Å². The number of nitrogens with zero attached hydrogens (tertiary/aromatic N) is 1. The van der Waals surface area contributed by atoms with Gasteiger partial charge in [0.15, 0.2) is 0 Å². The molecule has 3 aromatic carbocycles. The Morgan fingerprint density at radius 2 is 1.54 bits per heavy atom. The second-order valence-electron chi connectivity index (χ2n) is 8.31. The lowest BCUT2D eigenvalue weighted by Crippen LogP contribution is -2.32. The number of nitrogens with one attached hydrogen (secondary N) is 2. The van der Waals surface area contributed by atoms with E-state index in [0.29, 0.717) is 16.9 Å². The number of anilines is 3. The molecule has 0 aliphatic carbocycles. The third kappa shape index (κ3) is 5.94. The molecule has 1 aliphatic heterocycles. The molecule has 190 valence electrons. The van der Waals surface area contributed by atoms with E-state index in [1.807, 2.05) is 24.3 Å². The lowest BCUT2D eigenvalue weighted by molar-refractivity contribution is -0.120. The van der Waals surface area contributed by atoms with E-state index in [4.69, 9.17) is 46.4 Å². The Bertz CT molecular complexity index is 1420. The fourth-order valence-electron chi connectivity index (χ4n) is 3.74. The normalized spacial score (nSPS) is 13.4. The van der Waals surface area contributed by atoms with Crippen molar-refractivity contribution in [3.8, 4) is 0 Å². The summed E-state index contributed by atoms with van der Waals surface area (Å²) in [6, 6.07) is 16.8. The molecular formula is C27H21Cl4N3O3. The minimum Gasteiger partial charge on any atom is -0.350 e. The van der Waals surface area contributed by atoms with Crippen molar-refractivity contribution < 1.29 is 14.4 Å². The molecule has 0 fully saturated rings. The first-order valence-corrected chi connectivity index (χ1v) is 12.9. The first-order valence-electron chi connectivity index (χ1n) is 11.4. The van der Waals surface area contributed by atoms with Gasteiger partial charge in [-0.3, -0.25) is 14.4 Å². The van der Waals surface area contributed by atoms with Crippen LogP contribution in [0.15, 0.2) is 71.4 Å². The van der Waals surface area contributed by atoms with Crippen molar-refractivity contribution in [1.82, 2.24) is 0 Å². The summed E-state index contributed by atoms with van der Waals surface area (Å²) >= 11 is 24.4. The Hall–Kier alpha value is -3.03. The second-order valence-corrected chi connectivity index (χ2v) is 9.91. The van der Waals surface area contributed by atoms with Gasteiger partial charge in [0.2, 0.25) is 0 Å². The number of unbranched alkanes of at least 4 members (excludes halogenated alkanes) is 1. The van der Waals surface area contributed by atoms with Gasteiger partial charge in [0, 0.05) is 16.9 Å². The Balaban J connectivity index is 1.50. The van der Waals surface area contributed by atoms with Gasteiger partial charge in [-0.05, 0) is 60.9 Å². The summed E-state index contributed by atoms with van der Waals surface area (Å²) in [6.07, 6.45) is 3.22. The number of aryl methyl sites for hydroxylation is 1. The molecule has 0 saturated carbocycles. The van der Waals surface area contributed by atoms with Crippen LogP contribution in [-0.4, -0.2) is 17.7 Å². The van der Waals surface area contributed by atoms with Crippen LogP contribution in [0, 0.1) is 0 Å². The number of amides is 3. The molecule has 37 heavy (non-hydrogen) atoms. The van der Waals surface area contributed by atoms with E-state index in [9.17, 15) is 14.4 Å². The third-order valence-electron chi connectivity index (χ3n) is 5.68. The summed E-state index contributed by atoms with van der Waals surface area (Å²) < 4.78 is 0. The largest absolute Gasteiger partial charge is 0.350 e. The Morgan fingerprint density at radius 3 is 2.24 bits per heavy atom. The molecule has 10 heteroatoms. The van der Waals surface area contributed by atoms with Crippen molar-refractivity contribution in [2.75, 3.05) is 15.5 Å². The van der Waals surface area contributed by atoms with E-state index < -0.39 is 11.8 Å². The molecule has 2 N–H and O–H groups in total. The minimum absolute atomic E-state index is 0.0508. The van der Waals surface area contributed by atoms with Crippen molar-refractivity contribution in [1.29, 1.82) is 0 Å². The molecule has 3 amide bonds. The lowest BCUT2D eigenvalue weighted by atomic mass is 10.1. The Kier molecular flexibility index (Phi) is 8.45. The van der Waals surface area contributed by atoms with Crippen LogP contribution in [0.2, 0.25) is 15.1 Å². The standard InChI is InChI=1S/C27H21Cl4N3O3/c1-2-3-5-15-8-10-17(11-9-15)33-25(35)16-6-4-7-18(12-16)32-24-23(31)26(36)34(27(24)37)22-14-20(29)19(28)13-21(22)30/h4,6-14,32H,2-3,5H2,1H3,(H,33,35). The molecule has 3 aromatic rings. The number of carbonyl (C=O) groups excluding carboxylic acids is 3. The van der Waals surface area contributed by atoms with Gasteiger partial charge in [0.05, 0.1) is 20.8 Å². The SMILES string of the molecule is CCCCc1ccc(NC(=O)c2cccc(NC3=C(Cl)C(=O)N(c4cc(Cl)c(Cl)cc4Cl)C3=O)c2)cc1. The van der Waals surface area contributed by atoms with Crippen LogP contribution in [0.5, 0.6) is 0 Å². The van der Waals surface area contributed by atoms with Crippen molar-refractivity contribution >= 4 is 81.2 Å². The van der Waals surface area contributed by atoms with Gasteiger partial charge in [-0.1, -0.05) is 77.9 Å². The molecule has 0 radical (unpaired) electrons. The molecule has 6 nitrogen and oxygen atoms in total. The van der Waals surface area contributed by atoms with Crippen LogP contribution in [0.25, 0.3) is 0 Å². The predicted molar refractivity (Wildman–Crippen MR) is 150 cm³/mol. The maximum absolute atomic E-state index is 13.1. The number of benzene rings is 3. The zero-order valence-corrected chi connectivity index (χ0v) is 22.6. The topological polar surface area (TPSA) is 78.5 Å². The van der Waals surface area contributed by atoms with Gasteiger partial charge < -0.3 is 10.6 Å². The van der Waals surface area contributed by atoms with Crippen LogP contribution >= 0.6 is 46.4 Å². The zero-order valence-electron chi connectivity index (χ0n) is 19.6. The Morgan fingerprint density at radius 1 is 0.838 bits per heavy atom. The summed E-state index contributed by atoms with van der Waals surface area (Å²) in [5, 5.41) is 5.74. The average molecular weight is 577 g/mol. The fraction of sp³-hybridized carbons (Fsp3) is 0.148. The fourth-order valence-corrected chi connectivity index (χ4v) is 4.57. The van der Waals surface area contributed by atoms with E-state index >= 15 is 0 Å². The Labute approximate surface area is 234 Å². The minimum atomic E-state index is -0.772. The lowest BCUT2D eigenvalue weighted by Gasteiger charge is -2.17. The molecule has 0 bridgehead atoms. The highest BCUT2D eigenvalue weighted by atomic mass is 35.5. The highest BCUT2D eigenvalue weighted by Gasteiger charge is 2.40.